The highest BCUT2D eigenvalue weighted by Crippen LogP contribution is 2.34. The topological polar surface area (TPSA) is 87.3 Å². The molecule has 0 spiro atoms. The number of benzene rings is 1. The molecule has 3 heterocycles. The molecule has 2 N–H and O–H groups in total. The molecule has 0 bridgehead atoms. The summed E-state index contributed by atoms with van der Waals surface area (Å²) < 4.78 is 5.70. The van der Waals surface area contributed by atoms with Crippen LogP contribution in [0.15, 0.2) is 30.3 Å². The van der Waals surface area contributed by atoms with Gasteiger partial charge in [0.15, 0.2) is 0 Å². The van der Waals surface area contributed by atoms with E-state index in [1.165, 1.54) is 0 Å². The normalized spacial score (nSPS) is 24.4. The highest BCUT2D eigenvalue weighted by molar-refractivity contribution is 5.94. The van der Waals surface area contributed by atoms with Gasteiger partial charge in [-0.3, -0.25) is 14.7 Å². The van der Waals surface area contributed by atoms with Crippen LogP contribution >= 0.6 is 0 Å². The average Bonchev–Trinajstić information content (AvgIpc) is 3.13. The molecular formula is C22H28N4O3. The van der Waals surface area contributed by atoms with Gasteiger partial charge in [0.25, 0.3) is 5.91 Å². The van der Waals surface area contributed by atoms with Gasteiger partial charge in [-0.15, -0.1) is 0 Å². The number of rotatable bonds is 4. The van der Waals surface area contributed by atoms with E-state index in [1.807, 2.05) is 36.1 Å². The third-order valence-electron chi connectivity index (χ3n) is 6.05. The van der Waals surface area contributed by atoms with Crippen LogP contribution < -0.4 is 10.1 Å². The Labute approximate surface area is 170 Å². The molecule has 0 radical (unpaired) electrons. The van der Waals surface area contributed by atoms with Gasteiger partial charge in [0.1, 0.15) is 11.4 Å². The predicted octanol–water partition coefficient (Wildman–Crippen LogP) is 3.14. The summed E-state index contributed by atoms with van der Waals surface area (Å²) in [6.07, 6.45) is 3.91. The number of hydrogen-bond acceptors (Lipinski definition) is 4. The van der Waals surface area contributed by atoms with E-state index in [4.69, 9.17) is 4.74 Å². The third kappa shape index (κ3) is 3.73. The Kier molecular flexibility index (Phi) is 5.30. The van der Waals surface area contributed by atoms with E-state index in [9.17, 15) is 9.59 Å². The van der Waals surface area contributed by atoms with Gasteiger partial charge in [-0.1, -0.05) is 12.1 Å². The van der Waals surface area contributed by atoms with Gasteiger partial charge in [0.05, 0.1) is 23.9 Å². The van der Waals surface area contributed by atoms with E-state index in [1.54, 1.807) is 6.07 Å². The van der Waals surface area contributed by atoms with Gasteiger partial charge in [0, 0.05) is 18.5 Å². The van der Waals surface area contributed by atoms with Crippen LogP contribution in [0.3, 0.4) is 0 Å². The lowest BCUT2D eigenvalue weighted by Gasteiger charge is -2.47. The maximum absolute atomic E-state index is 13.4. The van der Waals surface area contributed by atoms with Crippen LogP contribution in [0.4, 0.5) is 0 Å². The summed E-state index contributed by atoms with van der Waals surface area (Å²) in [6, 6.07) is 9.48. The van der Waals surface area contributed by atoms with Crippen LogP contribution in [0.2, 0.25) is 0 Å². The van der Waals surface area contributed by atoms with Crippen molar-refractivity contribution in [2.45, 2.75) is 57.5 Å². The maximum atomic E-state index is 13.4. The van der Waals surface area contributed by atoms with Crippen molar-refractivity contribution in [1.29, 1.82) is 0 Å². The summed E-state index contributed by atoms with van der Waals surface area (Å²) in [6.45, 7) is 5.26. The van der Waals surface area contributed by atoms with Crippen molar-refractivity contribution in [3.05, 3.63) is 36.0 Å². The molecule has 2 aliphatic heterocycles. The van der Waals surface area contributed by atoms with E-state index >= 15 is 0 Å². The zero-order valence-corrected chi connectivity index (χ0v) is 17.0. The van der Waals surface area contributed by atoms with Crippen LogP contribution in [-0.2, 0) is 4.79 Å². The molecule has 1 aromatic heterocycles. The van der Waals surface area contributed by atoms with Crippen molar-refractivity contribution >= 4 is 11.8 Å². The predicted molar refractivity (Wildman–Crippen MR) is 110 cm³/mol. The first-order valence-corrected chi connectivity index (χ1v) is 10.4. The smallest absolute Gasteiger partial charge is 0.272 e. The first-order chi connectivity index (χ1) is 14.0. The summed E-state index contributed by atoms with van der Waals surface area (Å²) in [4.78, 5) is 27.4. The summed E-state index contributed by atoms with van der Waals surface area (Å²) >= 11 is 0. The van der Waals surface area contributed by atoms with Crippen LogP contribution in [0, 0.1) is 0 Å². The molecule has 2 aliphatic rings. The Morgan fingerprint density at radius 2 is 2.17 bits per heavy atom. The Balaban J connectivity index is 1.60. The number of para-hydroxylation sites is 1. The lowest BCUT2D eigenvalue weighted by molar-refractivity contribution is -0.123. The molecule has 29 heavy (non-hydrogen) atoms. The van der Waals surface area contributed by atoms with Gasteiger partial charge >= 0.3 is 0 Å². The van der Waals surface area contributed by atoms with Crippen LogP contribution in [0.5, 0.6) is 5.75 Å². The highest BCUT2D eigenvalue weighted by atomic mass is 16.5. The number of carbonyl (C=O) groups excluding carboxylic acids is 2. The van der Waals surface area contributed by atoms with Crippen molar-refractivity contribution in [3.63, 3.8) is 0 Å². The molecule has 7 heteroatoms. The number of piperidine rings is 1. The number of carbonyl (C=O) groups is 2. The summed E-state index contributed by atoms with van der Waals surface area (Å²) in [5.74, 6) is 0.767. The van der Waals surface area contributed by atoms with Gasteiger partial charge < -0.3 is 15.0 Å². The number of amides is 2. The van der Waals surface area contributed by atoms with E-state index in [2.05, 4.69) is 22.4 Å². The maximum Gasteiger partial charge on any atom is 0.272 e. The van der Waals surface area contributed by atoms with Gasteiger partial charge in [-0.05, 0) is 57.7 Å². The first kappa shape index (κ1) is 19.5. The number of likely N-dealkylation sites (tertiary alicyclic amines) is 1. The molecule has 2 atom stereocenters. The molecule has 0 unspecified atom stereocenters. The van der Waals surface area contributed by atoms with Crippen LogP contribution in [0.25, 0.3) is 11.3 Å². The summed E-state index contributed by atoms with van der Waals surface area (Å²) in [5, 5.41) is 10.5. The van der Waals surface area contributed by atoms with Crippen LogP contribution in [0.1, 0.15) is 56.4 Å². The van der Waals surface area contributed by atoms with E-state index in [0.717, 1.165) is 37.0 Å². The fourth-order valence-electron chi connectivity index (χ4n) is 4.67. The number of nitrogens with zero attached hydrogens (tertiary/aromatic N) is 2. The number of nitrogens with one attached hydrogen (secondary N) is 2. The van der Waals surface area contributed by atoms with Crippen molar-refractivity contribution in [2.75, 3.05) is 13.2 Å². The van der Waals surface area contributed by atoms with Crippen molar-refractivity contribution in [3.8, 4) is 17.0 Å². The number of fused-ring (bicyclic) bond motifs is 1. The van der Waals surface area contributed by atoms with Crippen molar-refractivity contribution < 1.29 is 14.3 Å². The van der Waals surface area contributed by atoms with Crippen molar-refractivity contribution in [1.82, 2.24) is 20.4 Å². The second kappa shape index (κ2) is 7.89. The minimum absolute atomic E-state index is 0.00217. The molecule has 4 rings (SSSR count). The standard InChI is InChI=1S/C22H28N4O3/c1-3-29-18-9-5-4-8-15(18)16-14-17(25-24-16)21(28)26-13-7-12-22(2)19(26)10-6-11-20(27)23-22/h4-5,8-9,14,19H,3,6-7,10-13H2,1-2H3,(H,23,27)(H,24,25)/t19-,22-/m0/s1. The zero-order chi connectivity index (χ0) is 20.4. The zero-order valence-electron chi connectivity index (χ0n) is 17.0. The number of ether oxygens (including phenoxy) is 1. The second-order valence-electron chi connectivity index (χ2n) is 8.07. The number of H-pyrrole nitrogens is 1. The average molecular weight is 396 g/mol. The monoisotopic (exact) mass is 396 g/mol. The Hall–Kier alpha value is -2.83. The molecule has 1 aromatic carbocycles. The van der Waals surface area contributed by atoms with E-state index in [0.29, 0.717) is 31.0 Å². The second-order valence-corrected chi connectivity index (χ2v) is 8.07. The quantitative estimate of drug-likeness (QED) is 0.831. The Morgan fingerprint density at radius 1 is 1.34 bits per heavy atom. The molecule has 2 saturated heterocycles. The fraction of sp³-hybridized carbons (Fsp3) is 0.500. The Bertz CT molecular complexity index is 909. The Morgan fingerprint density at radius 3 is 3.00 bits per heavy atom. The first-order valence-electron chi connectivity index (χ1n) is 10.4. The minimum Gasteiger partial charge on any atom is -0.493 e. The molecule has 154 valence electrons. The van der Waals surface area contributed by atoms with Gasteiger partial charge in [0.2, 0.25) is 5.91 Å². The largest absolute Gasteiger partial charge is 0.493 e. The summed E-state index contributed by atoms with van der Waals surface area (Å²) in [7, 11) is 0. The number of hydrogen-bond donors (Lipinski definition) is 2. The molecule has 2 fully saturated rings. The van der Waals surface area contributed by atoms with Gasteiger partial charge in [-0.25, -0.2) is 0 Å². The number of aromatic amines is 1. The SMILES string of the molecule is CCOc1ccccc1-c1cc(C(=O)N2CCC[C@]3(C)NC(=O)CCC[C@H]23)[nH]n1. The summed E-state index contributed by atoms with van der Waals surface area (Å²) in [5.41, 5.74) is 1.64. The lowest BCUT2D eigenvalue weighted by Crippen LogP contribution is -2.63. The molecule has 0 aliphatic carbocycles. The van der Waals surface area contributed by atoms with E-state index in [-0.39, 0.29) is 23.4 Å². The minimum atomic E-state index is -0.369. The van der Waals surface area contributed by atoms with E-state index < -0.39 is 0 Å². The van der Waals surface area contributed by atoms with Crippen molar-refractivity contribution in [2.24, 2.45) is 0 Å². The molecule has 7 nitrogen and oxygen atoms in total. The molecular weight excluding hydrogens is 368 g/mol. The van der Waals surface area contributed by atoms with Gasteiger partial charge in [-0.2, -0.15) is 5.10 Å². The third-order valence-corrected chi connectivity index (χ3v) is 6.05. The molecule has 2 amide bonds. The number of aromatic nitrogens is 2. The fourth-order valence-corrected chi connectivity index (χ4v) is 4.67. The molecule has 0 saturated carbocycles. The lowest BCUT2D eigenvalue weighted by atomic mass is 9.81. The highest BCUT2D eigenvalue weighted by Gasteiger charge is 2.45. The molecule has 2 aromatic rings. The van der Waals surface area contributed by atoms with Crippen LogP contribution in [-0.4, -0.2) is 51.6 Å².